The number of nitriles is 1. The molecule has 0 radical (unpaired) electrons. The van der Waals surface area contributed by atoms with Crippen LogP contribution in [0.3, 0.4) is 0 Å². The van der Waals surface area contributed by atoms with Gasteiger partial charge in [0.05, 0.1) is 52.6 Å². The molecule has 5 aromatic rings. The van der Waals surface area contributed by atoms with Gasteiger partial charge in [0, 0.05) is 14.1 Å². The van der Waals surface area contributed by atoms with Crippen LogP contribution in [0.15, 0.2) is 95.0 Å². The Bertz CT molecular complexity index is 1990. The lowest BCUT2D eigenvalue weighted by Gasteiger charge is -2.37. The van der Waals surface area contributed by atoms with Crippen molar-refractivity contribution in [3.63, 3.8) is 0 Å². The van der Waals surface area contributed by atoms with E-state index in [1.165, 1.54) is 17.2 Å². The SMILES string of the molecule is COc1ccc(C(OC[C@H]2O[C@@H](n3cnc4c(=O)[nH]c(/N=C/N(C)C)nc43)[C@H](OCCC#N)[C@@H]2O)(c2ccccc2)c2ccc(OC)cc2)cc1. The third-order valence-electron chi connectivity index (χ3n) is 8.58. The summed E-state index contributed by atoms with van der Waals surface area (Å²) in [6.45, 7) is -0.0575. The lowest BCUT2D eigenvalue weighted by Crippen LogP contribution is -2.40. The van der Waals surface area contributed by atoms with Gasteiger partial charge in [0.1, 0.15) is 35.4 Å². The number of H-pyrrole nitrogens is 1. The maximum Gasteiger partial charge on any atom is 0.280 e. The fraction of sp³-hybridized carbons (Fsp3) is 0.324. The molecule has 14 heteroatoms. The van der Waals surface area contributed by atoms with Crippen LogP contribution in [0.1, 0.15) is 29.3 Å². The van der Waals surface area contributed by atoms with E-state index in [0.717, 1.165) is 16.7 Å². The van der Waals surface area contributed by atoms with E-state index in [0.29, 0.717) is 11.5 Å². The van der Waals surface area contributed by atoms with Gasteiger partial charge in [-0.05, 0) is 41.0 Å². The van der Waals surface area contributed by atoms with Crippen molar-refractivity contribution >= 4 is 23.5 Å². The summed E-state index contributed by atoms with van der Waals surface area (Å²) in [6, 6.07) is 27.1. The maximum atomic E-state index is 12.9. The van der Waals surface area contributed by atoms with E-state index in [1.54, 1.807) is 33.2 Å². The first-order valence-corrected chi connectivity index (χ1v) is 16.3. The molecule has 264 valence electrons. The molecule has 14 nitrogen and oxygen atoms in total. The number of aliphatic imine (C=N–C) groups is 1. The molecule has 3 heterocycles. The van der Waals surface area contributed by atoms with E-state index in [-0.39, 0.29) is 36.7 Å². The zero-order chi connectivity index (χ0) is 36.0. The monoisotopic (exact) mass is 693 g/mol. The number of aliphatic hydroxyl groups is 1. The number of aromatic amines is 1. The van der Waals surface area contributed by atoms with Crippen LogP contribution in [-0.4, -0.2) is 95.7 Å². The predicted molar refractivity (Wildman–Crippen MR) is 188 cm³/mol. The first-order valence-electron chi connectivity index (χ1n) is 16.3. The molecule has 2 N–H and O–H groups in total. The summed E-state index contributed by atoms with van der Waals surface area (Å²) in [6.07, 6.45) is -1.07. The van der Waals surface area contributed by atoms with E-state index in [1.807, 2.05) is 78.9 Å². The molecule has 0 spiro atoms. The first kappa shape index (κ1) is 35.2. The Morgan fingerprint density at radius 2 is 1.65 bits per heavy atom. The number of fused-ring (bicyclic) bond motifs is 1. The molecule has 2 aromatic heterocycles. The van der Waals surface area contributed by atoms with Crippen LogP contribution in [0, 0.1) is 11.3 Å². The van der Waals surface area contributed by atoms with Crippen molar-refractivity contribution in [2.45, 2.75) is 36.6 Å². The quantitative estimate of drug-likeness (QED) is 0.0748. The fourth-order valence-corrected chi connectivity index (χ4v) is 6.11. The second kappa shape index (κ2) is 15.5. The molecular weight excluding hydrogens is 654 g/mol. The number of nitrogens with zero attached hydrogens (tertiary/aromatic N) is 6. The summed E-state index contributed by atoms with van der Waals surface area (Å²) >= 11 is 0. The lowest BCUT2D eigenvalue weighted by molar-refractivity contribution is -0.0959. The number of aromatic nitrogens is 4. The van der Waals surface area contributed by atoms with Crippen LogP contribution in [0.2, 0.25) is 0 Å². The molecule has 4 atom stereocenters. The average molecular weight is 694 g/mol. The second-order valence-corrected chi connectivity index (χ2v) is 12.0. The average Bonchev–Trinajstić information content (AvgIpc) is 3.72. The van der Waals surface area contributed by atoms with E-state index in [4.69, 9.17) is 23.7 Å². The minimum atomic E-state index is -1.21. The van der Waals surface area contributed by atoms with Crippen molar-refractivity contribution in [3.05, 3.63) is 112 Å². The molecule has 0 unspecified atom stereocenters. The van der Waals surface area contributed by atoms with Gasteiger partial charge in [0.15, 0.2) is 17.4 Å². The summed E-state index contributed by atoms with van der Waals surface area (Å²) in [5, 5.41) is 21.0. The Morgan fingerprint density at radius 3 is 2.24 bits per heavy atom. The minimum absolute atomic E-state index is 0.0380. The third kappa shape index (κ3) is 7.19. The van der Waals surface area contributed by atoms with Crippen molar-refractivity contribution in [1.29, 1.82) is 5.26 Å². The van der Waals surface area contributed by atoms with E-state index in [2.05, 4.69) is 26.0 Å². The van der Waals surface area contributed by atoms with Crippen LogP contribution in [0.5, 0.6) is 11.5 Å². The van der Waals surface area contributed by atoms with Gasteiger partial charge in [-0.3, -0.25) is 14.3 Å². The number of nitrogens with one attached hydrogen (secondary N) is 1. The van der Waals surface area contributed by atoms with Crippen molar-refractivity contribution < 1.29 is 28.8 Å². The third-order valence-corrected chi connectivity index (χ3v) is 8.58. The number of hydrogen-bond acceptors (Lipinski definition) is 11. The number of methoxy groups -OCH3 is 2. The van der Waals surface area contributed by atoms with Gasteiger partial charge in [-0.2, -0.15) is 10.2 Å². The summed E-state index contributed by atoms with van der Waals surface area (Å²) in [4.78, 5) is 30.3. The predicted octanol–water partition coefficient (Wildman–Crippen LogP) is 3.92. The Balaban J connectivity index is 1.41. The number of hydrogen-bond donors (Lipinski definition) is 2. The van der Waals surface area contributed by atoms with Crippen molar-refractivity contribution in [2.75, 3.05) is 41.5 Å². The highest BCUT2D eigenvalue weighted by Gasteiger charge is 2.48. The van der Waals surface area contributed by atoms with Crippen LogP contribution < -0.4 is 15.0 Å². The Morgan fingerprint density at radius 1 is 1.02 bits per heavy atom. The minimum Gasteiger partial charge on any atom is -0.497 e. The van der Waals surface area contributed by atoms with E-state index < -0.39 is 35.7 Å². The first-order chi connectivity index (χ1) is 24.8. The van der Waals surface area contributed by atoms with Crippen molar-refractivity contribution in [2.24, 2.45) is 4.99 Å². The summed E-state index contributed by atoms with van der Waals surface area (Å²) in [5.41, 5.74) is 1.04. The topological polar surface area (TPSA) is 169 Å². The highest BCUT2D eigenvalue weighted by atomic mass is 16.6. The van der Waals surface area contributed by atoms with Gasteiger partial charge in [-0.1, -0.05) is 54.6 Å². The summed E-state index contributed by atoms with van der Waals surface area (Å²) in [7, 11) is 6.80. The van der Waals surface area contributed by atoms with Gasteiger partial charge in [0.2, 0.25) is 5.95 Å². The Labute approximate surface area is 294 Å². The Hall–Kier alpha value is -5.59. The molecule has 0 aliphatic carbocycles. The van der Waals surface area contributed by atoms with Crippen molar-refractivity contribution in [1.82, 2.24) is 24.4 Å². The van der Waals surface area contributed by atoms with Crippen LogP contribution in [0.4, 0.5) is 5.95 Å². The summed E-state index contributed by atoms with van der Waals surface area (Å²) < 4.78 is 32.1. The molecule has 3 aromatic carbocycles. The number of benzene rings is 3. The highest BCUT2D eigenvalue weighted by molar-refractivity contribution is 5.71. The number of rotatable bonds is 14. The number of aliphatic hydroxyl groups excluding tert-OH is 1. The van der Waals surface area contributed by atoms with Crippen LogP contribution in [0.25, 0.3) is 11.2 Å². The zero-order valence-electron chi connectivity index (χ0n) is 28.7. The van der Waals surface area contributed by atoms with Gasteiger partial charge in [-0.25, -0.2) is 9.98 Å². The van der Waals surface area contributed by atoms with Crippen LogP contribution >= 0.6 is 0 Å². The molecular formula is C37H39N7O7. The second-order valence-electron chi connectivity index (χ2n) is 12.0. The largest absolute Gasteiger partial charge is 0.497 e. The molecule has 0 saturated carbocycles. The molecule has 1 saturated heterocycles. The molecule has 1 fully saturated rings. The number of imidazole rings is 1. The van der Waals surface area contributed by atoms with Gasteiger partial charge in [0.25, 0.3) is 5.56 Å². The van der Waals surface area contributed by atoms with Gasteiger partial charge >= 0.3 is 0 Å². The maximum absolute atomic E-state index is 12.9. The highest BCUT2D eigenvalue weighted by Crippen LogP contribution is 2.43. The number of ether oxygens (including phenoxy) is 5. The molecule has 0 bridgehead atoms. The van der Waals surface area contributed by atoms with Gasteiger partial charge < -0.3 is 33.7 Å². The Kier molecular flexibility index (Phi) is 10.7. The zero-order valence-corrected chi connectivity index (χ0v) is 28.7. The fourth-order valence-electron chi connectivity index (χ4n) is 6.11. The molecule has 6 rings (SSSR count). The van der Waals surface area contributed by atoms with Gasteiger partial charge in [-0.15, -0.1) is 0 Å². The van der Waals surface area contributed by atoms with E-state index in [9.17, 15) is 15.2 Å². The van der Waals surface area contributed by atoms with Crippen molar-refractivity contribution in [3.8, 4) is 17.6 Å². The smallest absolute Gasteiger partial charge is 0.280 e. The molecule has 51 heavy (non-hydrogen) atoms. The lowest BCUT2D eigenvalue weighted by atomic mass is 9.80. The molecule has 1 aliphatic rings. The van der Waals surface area contributed by atoms with E-state index >= 15 is 0 Å². The van der Waals surface area contributed by atoms with Crippen LogP contribution in [-0.2, 0) is 19.8 Å². The summed E-state index contributed by atoms with van der Waals surface area (Å²) in [5.74, 6) is 1.43. The standard InChI is InChI=1S/C37H39N7O7/c1-43(2)22-40-36-41-33-30(34(46)42-36)39-23-44(33)35-32(49-20-8-19-38)31(45)29(51-35)21-50-37(24-9-6-5-7-10-24,25-11-15-27(47-3)16-12-25)26-13-17-28(48-4)18-14-26/h5-7,9-18,22-23,29,31-32,35,45H,8,20-21H2,1-4H3,(H,41,42,46)/b40-22+/t29-,31-,32-,35-/m1/s1. The molecule has 1 aliphatic heterocycles. The molecule has 0 amide bonds. The normalized spacial score (nSPS) is 19.0.